The fourth-order valence-electron chi connectivity index (χ4n) is 1.40. The van der Waals surface area contributed by atoms with Gasteiger partial charge in [0.25, 0.3) is 0 Å². The molecule has 0 aliphatic heterocycles. The van der Waals surface area contributed by atoms with Gasteiger partial charge in [0.15, 0.2) is 0 Å². The molecule has 0 spiro atoms. The number of rotatable bonds is 1. The highest BCUT2D eigenvalue weighted by atomic mass is 14.9. The molecule has 1 aromatic heterocycles. The molecule has 0 aliphatic carbocycles. The van der Waals surface area contributed by atoms with Crippen LogP contribution in [-0.2, 0) is 6.42 Å². The molecule has 0 radical (unpaired) electrons. The number of fused-ring (bicyclic) bond motifs is 1. The van der Waals surface area contributed by atoms with E-state index >= 15 is 0 Å². The predicted octanol–water partition coefficient (Wildman–Crippen LogP) is 3.71. The van der Waals surface area contributed by atoms with E-state index in [-0.39, 0.29) is 1.43 Å². The second kappa shape index (κ2) is 4.80. The van der Waals surface area contributed by atoms with Gasteiger partial charge in [0.1, 0.15) is 5.82 Å². The van der Waals surface area contributed by atoms with E-state index in [2.05, 4.69) is 35.1 Å². The van der Waals surface area contributed by atoms with E-state index in [4.69, 9.17) is 0 Å². The zero-order valence-corrected chi connectivity index (χ0v) is 9.39. The minimum atomic E-state index is 0. The molecule has 0 fully saturated rings. The molecule has 0 unspecified atom stereocenters. The molecule has 0 amide bonds. The van der Waals surface area contributed by atoms with Gasteiger partial charge >= 0.3 is 0 Å². The molecule has 14 heavy (non-hydrogen) atoms. The van der Waals surface area contributed by atoms with Crippen LogP contribution in [0, 0.1) is 6.92 Å². The monoisotopic (exact) mass is 192 g/mol. The lowest BCUT2D eigenvalue weighted by Crippen LogP contribution is -1.78. The van der Waals surface area contributed by atoms with Gasteiger partial charge in [0.2, 0.25) is 0 Å². The molecule has 2 rings (SSSR count). The molecule has 0 atom stereocenters. The first-order chi connectivity index (χ1) is 6.79. The zero-order valence-electron chi connectivity index (χ0n) is 9.39. The summed E-state index contributed by atoms with van der Waals surface area (Å²) in [5.74, 6) is 0.984. The van der Waals surface area contributed by atoms with Gasteiger partial charge in [-0.2, -0.15) is 0 Å². The van der Waals surface area contributed by atoms with Gasteiger partial charge in [-0.15, -0.1) is 0 Å². The van der Waals surface area contributed by atoms with E-state index in [1.807, 2.05) is 20.8 Å². The third-order valence-corrected chi connectivity index (χ3v) is 2.07. The van der Waals surface area contributed by atoms with Crippen molar-refractivity contribution in [2.75, 3.05) is 0 Å². The highest BCUT2D eigenvalue weighted by molar-refractivity contribution is 5.75. The average Bonchev–Trinajstić information content (AvgIpc) is 2.59. The predicted molar refractivity (Wildman–Crippen MR) is 63.7 cm³/mol. The van der Waals surface area contributed by atoms with Crippen molar-refractivity contribution in [1.29, 1.82) is 0 Å². The number of imidazole rings is 1. The van der Waals surface area contributed by atoms with Crippen LogP contribution in [0.15, 0.2) is 18.2 Å². The third-order valence-electron chi connectivity index (χ3n) is 2.07. The van der Waals surface area contributed by atoms with Crippen LogP contribution < -0.4 is 0 Å². The Labute approximate surface area is 86.9 Å². The number of benzene rings is 1. The van der Waals surface area contributed by atoms with E-state index in [1.165, 1.54) is 5.56 Å². The van der Waals surface area contributed by atoms with Crippen molar-refractivity contribution in [1.82, 2.24) is 9.97 Å². The number of aromatic nitrogens is 2. The van der Waals surface area contributed by atoms with E-state index in [0.717, 1.165) is 23.3 Å². The first kappa shape index (κ1) is 10.8. The zero-order chi connectivity index (χ0) is 10.6. The Morgan fingerprint density at radius 2 is 2.07 bits per heavy atom. The fourth-order valence-corrected chi connectivity index (χ4v) is 1.40. The summed E-state index contributed by atoms with van der Waals surface area (Å²) in [6, 6.07) is 6.36. The molecule has 0 aliphatic rings. The topological polar surface area (TPSA) is 28.7 Å². The standard InChI is InChI=1S/C10H12N2.C2H6.H2/c1-3-8-4-5-9-10(6-8)12-7(2)11-9;1-2;/h4-6H,3H2,1-2H3,(H,11,12);1-2H3;1H. The first-order valence-corrected chi connectivity index (χ1v) is 5.25. The molecule has 0 bridgehead atoms. The SMILES string of the molecule is CC.CCc1ccc2nc(C)[nH]c2c1.[HH]. The number of hydrogen-bond donors (Lipinski definition) is 1. The summed E-state index contributed by atoms with van der Waals surface area (Å²) in [7, 11) is 0. The van der Waals surface area contributed by atoms with Gasteiger partial charge in [-0.05, 0) is 31.0 Å². The molecule has 1 aromatic carbocycles. The third kappa shape index (κ3) is 2.13. The molecule has 2 nitrogen and oxygen atoms in total. The lowest BCUT2D eigenvalue weighted by molar-refractivity contribution is 1.14. The Hall–Kier alpha value is -1.31. The largest absolute Gasteiger partial charge is 0.342 e. The number of hydrogen-bond acceptors (Lipinski definition) is 1. The number of nitrogens with one attached hydrogen (secondary N) is 1. The maximum Gasteiger partial charge on any atom is 0.104 e. The van der Waals surface area contributed by atoms with Gasteiger partial charge in [-0.3, -0.25) is 0 Å². The Kier molecular flexibility index (Phi) is 3.69. The van der Waals surface area contributed by atoms with Gasteiger partial charge in [-0.25, -0.2) is 4.98 Å². The molecular formula is C12H20N2. The van der Waals surface area contributed by atoms with Crippen LogP contribution in [0.3, 0.4) is 0 Å². The molecule has 1 heterocycles. The number of aromatic amines is 1. The van der Waals surface area contributed by atoms with Crippen molar-refractivity contribution < 1.29 is 1.43 Å². The highest BCUT2D eigenvalue weighted by Crippen LogP contribution is 2.13. The number of aryl methyl sites for hydroxylation is 2. The minimum absolute atomic E-state index is 0. The minimum Gasteiger partial charge on any atom is -0.342 e. The summed E-state index contributed by atoms with van der Waals surface area (Å²) in [6.45, 7) is 8.13. The summed E-state index contributed by atoms with van der Waals surface area (Å²) in [6.07, 6.45) is 1.08. The van der Waals surface area contributed by atoms with Gasteiger partial charge < -0.3 is 4.98 Å². The lowest BCUT2D eigenvalue weighted by Gasteiger charge is -1.93. The van der Waals surface area contributed by atoms with Gasteiger partial charge in [0.05, 0.1) is 11.0 Å². The summed E-state index contributed by atoms with van der Waals surface area (Å²) in [5.41, 5.74) is 3.56. The van der Waals surface area contributed by atoms with Crippen LogP contribution in [0.4, 0.5) is 0 Å². The molecule has 2 aromatic rings. The number of nitrogens with zero attached hydrogens (tertiary/aromatic N) is 1. The Balaban J connectivity index is 0.000000617. The summed E-state index contributed by atoms with van der Waals surface area (Å²) in [5, 5.41) is 0. The Morgan fingerprint density at radius 3 is 2.71 bits per heavy atom. The van der Waals surface area contributed by atoms with Crippen molar-refractivity contribution in [3.63, 3.8) is 0 Å². The van der Waals surface area contributed by atoms with Crippen molar-refractivity contribution in [2.24, 2.45) is 0 Å². The van der Waals surface area contributed by atoms with E-state index in [0.29, 0.717) is 0 Å². The summed E-state index contributed by atoms with van der Waals surface area (Å²) >= 11 is 0. The van der Waals surface area contributed by atoms with Crippen molar-refractivity contribution in [2.45, 2.75) is 34.1 Å². The number of H-pyrrole nitrogens is 1. The average molecular weight is 192 g/mol. The molecular weight excluding hydrogens is 172 g/mol. The van der Waals surface area contributed by atoms with Crippen LogP contribution >= 0.6 is 0 Å². The maximum atomic E-state index is 4.33. The van der Waals surface area contributed by atoms with Crippen LogP contribution in [0.1, 0.15) is 33.6 Å². The van der Waals surface area contributed by atoms with Gasteiger partial charge in [0, 0.05) is 1.43 Å². The highest BCUT2D eigenvalue weighted by Gasteiger charge is 1.98. The Bertz CT molecular complexity index is 407. The summed E-state index contributed by atoms with van der Waals surface area (Å²) in [4.78, 5) is 7.56. The van der Waals surface area contributed by atoms with Crippen molar-refractivity contribution in [3.8, 4) is 0 Å². The Morgan fingerprint density at radius 1 is 1.36 bits per heavy atom. The van der Waals surface area contributed by atoms with Crippen molar-refractivity contribution >= 4 is 11.0 Å². The van der Waals surface area contributed by atoms with Crippen LogP contribution in [-0.4, -0.2) is 9.97 Å². The van der Waals surface area contributed by atoms with Crippen LogP contribution in [0.5, 0.6) is 0 Å². The molecule has 78 valence electrons. The smallest absolute Gasteiger partial charge is 0.104 e. The molecule has 0 saturated carbocycles. The lowest BCUT2D eigenvalue weighted by atomic mass is 10.1. The molecule has 0 saturated heterocycles. The molecule has 2 heteroatoms. The van der Waals surface area contributed by atoms with Crippen molar-refractivity contribution in [3.05, 3.63) is 29.6 Å². The normalized spacial score (nSPS) is 9.71. The van der Waals surface area contributed by atoms with Crippen LogP contribution in [0.25, 0.3) is 11.0 Å². The van der Waals surface area contributed by atoms with Crippen LogP contribution in [0.2, 0.25) is 0 Å². The van der Waals surface area contributed by atoms with E-state index in [9.17, 15) is 0 Å². The molecule has 1 N–H and O–H groups in total. The fraction of sp³-hybridized carbons (Fsp3) is 0.417. The second-order valence-corrected chi connectivity index (χ2v) is 3.03. The second-order valence-electron chi connectivity index (χ2n) is 3.03. The van der Waals surface area contributed by atoms with E-state index in [1.54, 1.807) is 0 Å². The quantitative estimate of drug-likeness (QED) is 0.733. The van der Waals surface area contributed by atoms with Gasteiger partial charge in [-0.1, -0.05) is 26.8 Å². The maximum absolute atomic E-state index is 4.33. The van der Waals surface area contributed by atoms with E-state index < -0.39 is 0 Å². The summed E-state index contributed by atoms with van der Waals surface area (Å²) < 4.78 is 0. The first-order valence-electron chi connectivity index (χ1n) is 5.25.